The number of methoxy groups -OCH3 is 1. The first kappa shape index (κ1) is 29.2. The van der Waals surface area contributed by atoms with Crippen molar-refractivity contribution >= 4 is 46.7 Å². The molecule has 8 heteroatoms. The number of halogens is 2. The van der Waals surface area contributed by atoms with E-state index in [2.05, 4.69) is 10.6 Å². The first-order valence-corrected chi connectivity index (χ1v) is 13.1. The molecular formula is C30H32Cl2N2O4. The van der Waals surface area contributed by atoms with Crippen LogP contribution in [0.25, 0.3) is 0 Å². The molecule has 0 saturated carbocycles. The first-order valence-electron chi connectivity index (χ1n) is 12.4. The molecule has 38 heavy (non-hydrogen) atoms. The maximum Gasteiger partial charge on any atom is 0.328 e. The van der Waals surface area contributed by atoms with Gasteiger partial charge in [-0.15, -0.1) is 0 Å². The number of esters is 1. The zero-order chi connectivity index (χ0) is 28.0. The fraction of sp³-hybridized carbons (Fsp3) is 0.300. The molecule has 0 aromatic heterocycles. The van der Waals surface area contributed by atoms with Crippen LogP contribution in [-0.2, 0) is 16.0 Å². The summed E-state index contributed by atoms with van der Waals surface area (Å²) in [5.74, 6) is -1.02. The molecule has 1 atom stereocenters. The molecule has 0 bridgehead atoms. The summed E-state index contributed by atoms with van der Waals surface area (Å²) in [6, 6.07) is 16.8. The van der Waals surface area contributed by atoms with E-state index in [-0.39, 0.29) is 39.8 Å². The van der Waals surface area contributed by atoms with E-state index in [0.29, 0.717) is 11.3 Å². The summed E-state index contributed by atoms with van der Waals surface area (Å²) in [5, 5.41) is 6.17. The number of carbonyl (C=O) groups excluding carboxylic acids is 3. The van der Waals surface area contributed by atoms with E-state index in [1.165, 1.54) is 7.11 Å². The summed E-state index contributed by atoms with van der Waals surface area (Å²) >= 11 is 12.3. The molecule has 0 aliphatic carbocycles. The number of rotatable bonds is 9. The van der Waals surface area contributed by atoms with Gasteiger partial charge in [0.25, 0.3) is 11.8 Å². The van der Waals surface area contributed by atoms with Gasteiger partial charge in [-0.05, 0) is 52.8 Å². The highest BCUT2D eigenvalue weighted by Gasteiger charge is 2.26. The van der Waals surface area contributed by atoms with Crippen LogP contribution < -0.4 is 10.6 Å². The Morgan fingerprint density at radius 2 is 1.29 bits per heavy atom. The van der Waals surface area contributed by atoms with Crippen LogP contribution in [0.3, 0.4) is 0 Å². The molecular weight excluding hydrogens is 523 g/mol. The lowest BCUT2D eigenvalue weighted by atomic mass is 9.88. The molecule has 0 aliphatic rings. The standard InChI is InChI=1S/C30H32Cl2N2O4/c1-17(2)21-8-6-9-22(18(3)4)26(21)28(35)34-25(30(37)38-5)16-19-12-14-20(15-13-19)33-29(36)27-23(31)10-7-11-24(27)32/h6-15,17-18,25H,16H2,1-5H3,(H,33,36)(H,34,35)/t25-/m0/s1. The molecule has 2 amide bonds. The summed E-state index contributed by atoms with van der Waals surface area (Å²) in [6.45, 7) is 8.14. The lowest BCUT2D eigenvalue weighted by molar-refractivity contribution is -0.142. The maximum atomic E-state index is 13.5. The molecule has 3 aromatic rings. The van der Waals surface area contributed by atoms with Gasteiger partial charge < -0.3 is 15.4 Å². The summed E-state index contributed by atoms with van der Waals surface area (Å²) in [5.41, 5.74) is 3.95. The van der Waals surface area contributed by atoms with Crippen molar-refractivity contribution in [1.82, 2.24) is 5.32 Å². The average Bonchev–Trinajstić information content (AvgIpc) is 2.88. The van der Waals surface area contributed by atoms with Crippen molar-refractivity contribution in [3.8, 4) is 0 Å². The Morgan fingerprint density at radius 3 is 1.79 bits per heavy atom. The van der Waals surface area contributed by atoms with E-state index in [4.69, 9.17) is 27.9 Å². The Kier molecular flexibility index (Phi) is 9.95. The van der Waals surface area contributed by atoms with Gasteiger partial charge in [-0.2, -0.15) is 0 Å². The van der Waals surface area contributed by atoms with Gasteiger partial charge >= 0.3 is 5.97 Å². The topological polar surface area (TPSA) is 84.5 Å². The third-order valence-corrected chi connectivity index (χ3v) is 6.86. The molecule has 3 rings (SSSR count). The molecule has 0 radical (unpaired) electrons. The summed E-state index contributed by atoms with van der Waals surface area (Å²) < 4.78 is 4.99. The maximum absolute atomic E-state index is 13.5. The molecule has 200 valence electrons. The van der Waals surface area contributed by atoms with Crippen molar-refractivity contribution in [3.05, 3.63) is 98.5 Å². The fourth-order valence-electron chi connectivity index (χ4n) is 4.25. The Morgan fingerprint density at radius 1 is 0.763 bits per heavy atom. The lowest BCUT2D eigenvalue weighted by Gasteiger charge is -2.22. The quantitative estimate of drug-likeness (QED) is 0.278. The van der Waals surface area contributed by atoms with Gasteiger partial charge in [0.05, 0.1) is 22.7 Å². The van der Waals surface area contributed by atoms with Crippen LogP contribution in [0.2, 0.25) is 10.0 Å². The number of benzene rings is 3. The number of anilines is 1. The van der Waals surface area contributed by atoms with Crippen molar-refractivity contribution in [1.29, 1.82) is 0 Å². The lowest BCUT2D eigenvalue weighted by Crippen LogP contribution is -2.43. The number of carbonyl (C=O) groups is 3. The van der Waals surface area contributed by atoms with Crippen molar-refractivity contribution < 1.29 is 19.1 Å². The molecule has 0 spiro atoms. The van der Waals surface area contributed by atoms with Crippen LogP contribution in [0.15, 0.2) is 60.7 Å². The highest BCUT2D eigenvalue weighted by Crippen LogP contribution is 2.28. The molecule has 3 aromatic carbocycles. The third kappa shape index (κ3) is 6.94. The highest BCUT2D eigenvalue weighted by molar-refractivity contribution is 6.40. The molecule has 0 fully saturated rings. The predicted molar refractivity (Wildman–Crippen MR) is 152 cm³/mol. The number of amides is 2. The Bertz CT molecular complexity index is 1270. The molecule has 0 unspecified atom stereocenters. The Labute approximate surface area is 233 Å². The van der Waals surface area contributed by atoms with Crippen molar-refractivity contribution in [2.24, 2.45) is 0 Å². The van der Waals surface area contributed by atoms with Crippen LogP contribution >= 0.6 is 23.2 Å². The van der Waals surface area contributed by atoms with Gasteiger partial charge in [0, 0.05) is 17.7 Å². The summed E-state index contributed by atoms with van der Waals surface area (Å²) in [7, 11) is 1.29. The largest absolute Gasteiger partial charge is 0.467 e. The van der Waals surface area contributed by atoms with Gasteiger partial charge in [0.1, 0.15) is 6.04 Å². The third-order valence-electron chi connectivity index (χ3n) is 6.23. The first-order chi connectivity index (χ1) is 18.0. The van der Waals surface area contributed by atoms with Gasteiger partial charge in [0.2, 0.25) is 0 Å². The highest BCUT2D eigenvalue weighted by atomic mass is 35.5. The summed E-state index contributed by atoms with van der Waals surface area (Å²) in [6.07, 6.45) is 0.212. The van der Waals surface area contributed by atoms with Crippen LogP contribution in [0.5, 0.6) is 0 Å². The van der Waals surface area contributed by atoms with Crippen molar-refractivity contribution in [3.63, 3.8) is 0 Å². The van der Waals surface area contributed by atoms with Crippen molar-refractivity contribution in [2.45, 2.75) is 52.0 Å². The average molecular weight is 556 g/mol. The van der Waals surface area contributed by atoms with E-state index >= 15 is 0 Å². The molecule has 0 saturated heterocycles. The molecule has 0 aliphatic heterocycles. The zero-order valence-electron chi connectivity index (χ0n) is 22.1. The van der Waals surface area contributed by atoms with Crippen molar-refractivity contribution in [2.75, 3.05) is 12.4 Å². The van der Waals surface area contributed by atoms with E-state index < -0.39 is 17.9 Å². The minimum absolute atomic E-state index is 0.134. The summed E-state index contributed by atoms with van der Waals surface area (Å²) in [4.78, 5) is 38.8. The smallest absolute Gasteiger partial charge is 0.328 e. The Balaban J connectivity index is 1.79. The molecule has 0 heterocycles. The normalized spacial score (nSPS) is 11.8. The molecule has 6 nitrogen and oxygen atoms in total. The van der Waals surface area contributed by atoms with E-state index in [1.807, 2.05) is 45.9 Å². The second-order valence-electron chi connectivity index (χ2n) is 9.62. The minimum Gasteiger partial charge on any atom is -0.467 e. The second-order valence-corrected chi connectivity index (χ2v) is 10.4. The number of ether oxygens (including phenoxy) is 1. The predicted octanol–water partition coefficient (Wildman–Crippen LogP) is 7.01. The van der Waals surface area contributed by atoms with Gasteiger partial charge in [-0.3, -0.25) is 9.59 Å². The SMILES string of the molecule is COC(=O)[C@H](Cc1ccc(NC(=O)c2c(Cl)cccc2Cl)cc1)NC(=O)c1c(C(C)C)cccc1C(C)C. The fourth-order valence-corrected chi connectivity index (χ4v) is 4.82. The van der Waals surface area contributed by atoms with Crippen LogP contribution in [0.1, 0.15) is 76.9 Å². The zero-order valence-corrected chi connectivity index (χ0v) is 23.6. The van der Waals surface area contributed by atoms with Gasteiger partial charge in [0.15, 0.2) is 0 Å². The van der Waals surface area contributed by atoms with E-state index in [1.54, 1.807) is 42.5 Å². The monoisotopic (exact) mass is 554 g/mol. The second kappa shape index (κ2) is 12.9. The van der Waals surface area contributed by atoms with Crippen LogP contribution in [-0.4, -0.2) is 30.9 Å². The van der Waals surface area contributed by atoms with Crippen LogP contribution in [0, 0.1) is 0 Å². The van der Waals surface area contributed by atoms with E-state index in [0.717, 1.165) is 16.7 Å². The van der Waals surface area contributed by atoms with Crippen LogP contribution in [0.4, 0.5) is 5.69 Å². The van der Waals surface area contributed by atoms with Gasteiger partial charge in [-0.1, -0.05) is 87.3 Å². The molecule has 2 N–H and O–H groups in total. The Hall–Kier alpha value is -3.35. The number of hydrogen-bond donors (Lipinski definition) is 2. The number of hydrogen-bond acceptors (Lipinski definition) is 4. The minimum atomic E-state index is -0.893. The van der Waals surface area contributed by atoms with E-state index in [9.17, 15) is 14.4 Å². The van der Waals surface area contributed by atoms with Gasteiger partial charge in [-0.25, -0.2) is 4.79 Å². The number of nitrogens with one attached hydrogen (secondary N) is 2.